The molecular weight excluding hydrogens is 174 g/mol. The monoisotopic (exact) mass is 189 g/mol. The molecule has 0 radical (unpaired) electrons. The fourth-order valence-corrected chi connectivity index (χ4v) is 1.12. The number of allylic oxidation sites excluding steroid dienone is 1. The topological polar surface area (TPSA) is 104 Å². The molecular formula is C8H15NO4. The van der Waals surface area contributed by atoms with Crippen LogP contribution in [-0.2, 0) is 4.79 Å². The van der Waals surface area contributed by atoms with Gasteiger partial charge in [-0.25, -0.2) is 0 Å². The third kappa shape index (κ3) is 2.27. The Bertz CT molecular complexity index is 200. The molecule has 0 aliphatic heterocycles. The van der Waals surface area contributed by atoms with Crippen LogP contribution in [0.1, 0.15) is 6.92 Å². The van der Waals surface area contributed by atoms with Crippen molar-refractivity contribution >= 4 is 5.91 Å². The van der Waals surface area contributed by atoms with Crippen molar-refractivity contribution in [3.05, 3.63) is 11.6 Å². The highest BCUT2D eigenvalue weighted by molar-refractivity contribution is 5.93. The van der Waals surface area contributed by atoms with Crippen LogP contribution >= 0.6 is 0 Å². The molecule has 0 saturated carbocycles. The Morgan fingerprint density at radius 2 is 1.69 bits per heavy atom. The smallest absolute Gasteiger partial charge is 0.245 e. The lowest BCUT2D eigenvalue weighted by atomic mass is 9.81. The van der Waals surface area contributed by atoms with E-state index in [9.17, 15) is 4.79 Å². The molecule has 0 rings (SSSR count). The fraction of sp³-hybridized carbons (Fsp3) is 0.625. The number of hydrogen-bond acceptors (Lipinski definition) is 4. The summed E-state index contributed by atoms with van der Waals surface area (Å²) in [6.07, 6.45) is 1.38. The number of rotatable bonds is 5. The van der Waals surface area contributed by atoms with Gasteiger partial charge < -0.3 is 21.1 Å². The van der Waals surface area contributed by atoms with E-state index >= 15 is 0 Å². The molecule has 5 N–H and O–H groups in total. The van der Waals surface area contributed by atoms with Crippen molar-refractivity contribution in [1.29, 1.82) is 0 Å². The number of aliphatic hydroxyl groups excluding tert-OH is 3. The number of amides is 1. The molecule has 0 aliphatic rings. The minimum absolute atomic E-state index is 0.0417. The number of carbonyl (C=O) groups excluding carboxylic acids is 1. The van der Waals surface area contributed by atoms with Gasteiger partial charge in [-0.05, 0) is 6.92 Å². The zero-order valence-electron chi connectivity index (χ0n) is 7.53. The van der Waals surface area contributed by atoms with E-state index in [2.05, 4.69) is 0 Å². The average molecular weight is 189 g/mol. The van der Waals surface area contributed by atoms with Gasteiger partial charge in [0.1, 0.15) is 0 Å². The molecule has 0 spiro atoms. The number of aliphatic hydroxyl groups is 3. The van der Waals surface area contributed by atoms with Crippen LogP contribution in [0.4, 0.5) is 0 Å². The Labute approximate surface area is 76.5 Å². The van der Waals surface area contributed by atoms with Crippen LogP contribution in [0.15, 0.2) is 11.6 Å². The van der Waals surface area contributed by atoms with Crippen LogP contribution < -0.4 is 5.73 Å². The van der Waals surface area contributed by atoms with Crippen molar-refractivity contribution in [2.24, 2.45) is 11.1 Å². The molecule has 0 unspecified atom stereocenters. The Morgan fingerprint density at radius 3 is 1.77 bits per heavy atom. The van der Waals surface area contributed by atoms with E-state index < -0.39 is 31.1 Å². The first-order valence-electron chi connectivity index (χ1n) is 3.87. The molecule has 0 aromatic rings. The first-order valence-corrected chi connectivity index (χ1v) is 3.87. The quantitative estimate of drug-likeness (QED) is 0.390. The van der Waals surface area contributed by atoms with Crippen LogP contribution in [0.3, 0.4) is 0 Å². The average Bonchev–Trinajstić information content (AvgIpc) is 2.13. The molecule has 0 saturated heterocycles. The highest BCUT2D eigenvalue weighted by Crippen LogP contribution is 2.25. The summed E-state index contributed by atoms with van der Waals surface area (Å²) in [6, 6.07) is 0. The maximum atomic E-state index is 10.9. The molecule has 0 atom stereocenters. The van der Waals surface area contributed by atoms with E-state index in [-0.39, 0.29) is 5.57 Å². The molecule has 0 aromatic carbocycles. The third-order valence-electron chi connectivity index (χ3n) is 2.03. The summed E-state index contributed by atoms with van der Waals surface area (Å²) in [5.41, 5.74) is 3.73. The van der Waals surface area contributed by atoms with Crippen LogP contribution in [-0.4, -0.2) is 41.0 Å². The molecule has 13 heavy (non-hydrogen) atoms. The summed E-state index contributed by atoms with van der Waals surface area (Å²) in [4.78, 5) is 10.9. The molecule has 1 amide bonds. The number of primary amides is 1. The summed E-state index contributed by atoms with van der Waals surface area (Å²) < 4.78 is 0. The fourth-order valence-electron chi connectivity index (χ4n) is 1.12. The van der Waals surface area contributed by atoms with Crippen LogP contribution in [0.5, 0.6) is 0 Å². The first-order chi connectivity index (χ1) is 6.07. The van der Waals surface area contributed by atoms with E-state index in [0.717, 1.165) is 0 Å². The van der Waals surface area contributed by atoms with Crippen molar-refractivity contribution in [3.8, 4) is 0 Å². The number of carbonyl (C=O) groups is 1. The SMILES string of the molecule is CC=C(C(N)=O)C(CO)(CO)CO. The van der Waals surface area contributed by atoms with Gasteiger partial charge in [0.25, 0.3) is 0 Å². The third-order valence-corrected chi connectivity index (χ3v) is 2.03. The van der Waals surface area contributed by atoms with Gasteiger partial charge in [0.15, 0.2) is 0 Å². The minimum Gasteiger partial charge on any atom is -0.395 e. The Kier molecular flexibility index (Phi) is 4.61. The molecule has 5 heteroatoms. The maximum Gasteiger partial charge on any atom is 0.245 e. The second-order valence-electron chi connectivity index (χ2n) is 2.82. The molecule has 0 heterocycles. The van der Waals surface area contributed by atoms with Gasteiger partial charge in [-0.1, -0.05) is 6.08 Å². The summed E-state index contributed by atoms with van der Waals surface area (Å²) in [5, 5.41) is 26.9. The van der Waals surface area contributed by atoms with Crippen LogP contribution in [0.2, 0.25) is 0 Å². The second kappa shape index (κ2) is 4.96. The van der Waals surface area contributed by atoms with Gasteiger partial charge in [-0.2, -0.15) is 0 Å². The molecule has 0 fully saturated rings. The van der Waals surface area contributed by atoms with E-state index in [1.165, 1.54) is 6.08 Å². The summed E-state index contributed by atoms with van der Waals surface area (Å²) in [7, 11) is 0. The molecule has 76 valence electrons. The number of nitrogens with two attached hydrogens (primary N) is 1. The van der Waals surface area contributed by atoms with E-state index in [4.69, 9.17) is 21.1 Å². The lowest BCUT2D eigenvalue weighted by Gasteiger charge is -2.28. The van der Waals surface area contributed by atoms with E-state index in [1.807, 2.05) is 0 Å². The van der Waals surface area contributed by atoms with Crippen LogP contribution in [0, 0.1) is 5.41 Å². The zero-order chi connectivity index (χ0) is 10.5. The lowest BCUT2D eigenvalue weighted by molar-refractivity contribution is -0.117. The molecule has 5 nitrogen and oxygen atoms in total. The van der Waals surface area contributed by atoms with Crippen molar-refractivity contribution in [2.75, 3.05) is 19.8 Å². The second-order valence-corrected chi connectivity index (χ2v) is 2.82. The van der Waals surface area contributed by atoms with Gasteiger partial charge in [0.2, 0.25) is 5.91 Å². The van der Waals surface area contributed by atoms with Crippen LogP contribution in [0.25, 0.3) is 0 Å². The van der Waals surface area contributed by atoms with Gasteiger partial charge in [0, 0.05) is 5.57 Å². The highest BCUT2D eigenvalue weighted by atomic mass is 16.3. The Balaban J connectivity index is 5.01. The van der Waals surface area contributed by atoms with Gasteiger partial charge in [-0.3, -0.25) is 4.79 Å². The lowest BCUT2D eigenvalue weighted by Crippen LogP contribution is -2.40. The largest absolute Gasteiger partial charge is 0.395 e. The van der Waals surface area contributed by atoms with E-state index in [1.54, 1.807) is 6.92 Å². The van der Waals surface area contributed by atoms with Crippen molar-refractivity contribution in [2.45, 2.75) is 6.92 Å². The van der Waals surface area contributed by atoms with Gasteiger partial charge in [-0.15, -0.1) is 0 Å². The van der Waals surface area contributed by atoms with Crippen molar-refractivity contribution in [1.82, 2.24) is 0 Å². The summed E-state index contributed by atoms with van der Waals surface area (Å²) in [5.74, 6) is -0.750. The highest BCUT2D eigenvalue weighted by Gasteiger charge is 2.35. The van der Waals surface area contributed by atoms with Gasteiger partial charge >= 0.3 is 0 Å². The molecule has 0 bridgehead atoms. The minimum atomic E-state index is -1.33. The Hall–Kier alpha value is -0.910. The first kappa shape index (κ1) is 12.1. The van der Waals surface area contributed by atoms with E-state index in [0.29, 0.717) is 0 Å². The predicted octanol–water partition coefficient (Wildman–Crippen LogP) is -1.62. The summed E-state index contributed by atoms with van der Waals surface area (Å²) >= 11 is 0. The van der Waals surface area contributed by atoms with Crippen molar-refractivity contribution in [3.63, 3.8) is 0 Å². The van der Waals surface area contributed by atoms with Gasteiger partial charge in [0.05, 0.1) is 25.2 Å². The Morgan fingerprint density at radius 1 is 1.31 bits per heavy atom. The summed E-state index contributed by atoms with van der Waals surface area (Å²) in [6.45, 7) is -0.0241. The predicted molar refractivity (Wildman–Crippen MR) is 46.6 cm³/mol. The zero-order valence-corrected chi connectivity index (χ0v) is 7.53. The molecule has 0 aliphatic carbocycles. The maximum absolute atomic E-state index is 10.9. The molecule has 0 aromatic heterocycles. The normalized spacial score (nSPS) is 13.1. The number of hydrogen-bond donors (Lipinski definition) is 4. The van der Waals surface area contributed by atoms with Crippen molar-refractivity contribution < 1.29 is 20.1 Å². The standard InChI is InChI=1S/C8H15NO4/c1-2-6(7(9)13)8(3-10,4-11)5-12/h2,10-12H,3-5H2,1H3,(H2,9,13).